The van der Waals surface area contributed by atoms with Crippen molar-refractivity contribution in [3.8, 4) is 0 Å². The summed E-state index contributed by atoms with van der Waals surface area (Å²) in [5.41, 5.74) is 0.817. The first-order chi connectivity index (χ1) is 11.5. The van der Waals surface area contributed by atoms with Crippen LogP contribution >= 0.6 is 0 Å². The summed E-state index contributed by atoms with van der Waals surface area (Å²) >= 11 is 0. The van der Waals surface area contributed by atoms with Gasteiger partial charge in [0, 0.05) is 44.9 Å². The van der Waals surface area contributed by atoms with E-state index >= 15 is 0 Å². The van der Waals surface area contributed by atoms with Crippen molar-refractivity contribution in [3.63, 3.8) is 0 Å². The zero-order valence-corrected chi connectivity index (χ0v) is 14.0. The lowest BCUT2D eigenvalue weighted by Gasteiger charge is -2.31. The maximum absolute atomic E-state index is 11.2. The van der Waals surface area contributed by atoms with E-state index < -0.39 is 0 Å². The van der Waals surface area contributed by atoms with E-state index in [1.165, 1.54) is 6.07 Å². The molecule has 128 valence electrons. The quantitative estimate of drug-likeness (QED) is 0.620. The predicted molar refractivity (Wildman–Crippen MR) is 88.4 cm³/mol. The second-order valence-electron chi connectivity index (χ2n) is 6.14. The lowest BCUT2D eigenvalue weighted by atomic mass is 9.96. The molecule has 0 saturated carbocycles. The van der Waals surface area contributed by atoms with E-state index in [2.05, 4.69) is 15.1 Å². The first-order valence-electron chi connectivity index (χ1n) is 7.83. The lowest BCUT2D eigenvalue weighted by molar-refractivity contribution is -0.384. The average molecular weight is 332 g/mol. The lowest BCUT2D eigenvalue weighted by Crippen LogP contribution is -2.34. The van der Waals surface area contributed by atoms with Crippen molar-refractivity contribution >= 4 is 17.5 Å². The molecule has 1 aliphatic heterocycles. The highest BCUT2D eigenvalue weighted by molar-refractivity contribution is 5.58. The van der Waals surface area contributed by atoms with Crippen LogP contribution in [0.5, 0.6) is 0 Å². The van der Waals surface area contributed by atoms with E-state index in [1.807, 2.05) is 25.9 Å². The molecule has 0 spiro atoms. The molecular weight excluding hydrogens is 312 g/mol. The van der Waals surface area contributed by atoms with Gasteiger partial charge in [-0.1, -0.05) is 0 Å². The number of nitrogens with zero attached hydrogens (tertiary/aromatic N) is 6. The van der Waals surface area contributed by atoms with Gasteiger partial charge in [-0.05, 0) is 31.0 Å². The van der Waals surface area contributed by atoms with Gasteiger partial charge in [-0.15, -0.1) is 0 Å². The molecule has 2 aromatic rings. The van der Waals surface area contributed by atoms with E-state index in [0.717, 1.165) is 18.5 Å². The SMILES string of the molecule is Cc1ccc([N+](=O)[O-])c(N2CCC(c3nc(N(C)C)no3)CC2)n1. The van der Waals surface area contributed by atoms with Gasteiger partial charge < -0.3 is 14.3 Å². The van der Waals surface area contributed by atoms with Gasteiger partial charge >= 0.3 is 5.69 Å². The molecule has 24 heavy (non-hydrogen) atoms. The summed E-state index contributed by atoms with van der Waals surface area (Å²) in [4.78, 5) is 23.4. The molecule has 9 nitrogen and oxygen atoms in total. The molecule has 0 atom stereocenters. The molecule has 0 unspecified atom stereocenters. The number of pyridine rings is 1. The molecule has 0 aromatic carbocycles. The smallest absolute Gasteiger partial charge is 0.311 e. The fourth-order valence-corrected chi connectivity index (χ4v) is 2.82. The third-order valence-corrected chi connectivity index (χ3v) is 4.17. The third-order valence-electron chi connectivity index (χ3n) is 4.17. The monoisotopic (exact) mass is 332 g/mol. The molecule has 9 heteroatoms. The van der Waals surface area contributed by atoms with Crippen LogP contribution in [0.1, 0.15) is 30.3 Å². The van der Waals surface area contributed by atoms with Crippen molar-refractivity contribution in [2.75, 3.05) is 37.0 Å². The van der Waals surface area contributed by atoms with Gasteiger partial charge in [0.05, 0.1) is 4.92 Å². The van der Waals surface area contributed by atoms with Crippen LogP contribution in [0.15, 0.2) is 16.7 Å². The topological polar surface area (TPSA) is 101 Å². The maximum Gasteiger partial charge on any atom is 0.311 e. The van der Waals surface area contributed by atoms with Gasteiger partial charge in [0.25, 0.3) is 5.95 Å². The number of piperidine rings is 1. The summed E-state index contributed by atoms with van der Waals surface area (Å²) in [6, 6.07) is 3.18. The van der Waals surface area contributed by atoms with E-state index in [1.54, 1.807) is 11.0 Å². The Labute approximate surface area is 139 Å². The number of hydrogen-bond donors (Lipinski definition) is 0. The van der Waals surface area contributed by atoms with E-state index in [0.29, 0.717) is 30.7 Å². The largest absolute Gasteiger partial charge is 0.351 e. The van der Waals surface area contributed by atoms with Gasteiger partial charge in [-0.25, -0.2) is 4.98 Å². The van der Waals surface area contributed by atoms with Crippen LogP contribution in [0.25, 0.3) is 0 Å². The zero-order valence-electron chi connectivity index (χ0n) is 14.0. The van der Waals surface area contributed by atoms with Crippen molar-refractivity contribution in [1.82, 2.24) is 15.1 Å². The summed E-state index contributed by atoms with van der Waals surface area (Å²) in [5, 5.41) is 15.2. The molecule has 1 saturated heterocycles. The number of aryl methyl sites for hydroxylation is 1. The Balaban J connectivity index is 1.73. The first kappa shape index (κ1) is 16.2. The third kappa shape index (κ3) is 3.15. The Hall–Kier alpha value is -2.71. The Morgan fingerprint density at radius 3 is 2.58 bits per heavy atom. The molecular formula is C15H20N6O3. The second-order valence-corrected chi connectivity index (χ2v) is 6.14. The summed E-state index contributed by atoms with van der Waals surface area (Å²) in [6.45, 7) is 3.17. The minimum absolute atomic E-state index is 0.0479. The van der Waals surface area contributed by atoms with Crippen LogP contribution in [-0.4, -0.2) is 47.2 Å². The number of anilines is 2. The number of aromatic nitrogens is 3. The van der Waals surface area contributed by atoms with Crippen molar-refractivity contribution in [2.24, 2.45) is 0 Å². The summed E-state index contributed by atoms with van der Waals surface area (Å²) in [5.74, 6) is 1.80. The molecule has 0 bridgehead atoms. The van der Waals surface area contributed by atoms with Gasteiger partial charge in [-0.3, -0.25) is 10.1 Å². The van der Waals surface area contributed by atoms with Gasteiger partial charge in [-0.2, -0.15) is 4.98 Å². The van der Waals surface area contributed by atoms with Crippen LogP contribution in [0.4, 0.5) is 17.5 Å². The van der Waals surface area contributed by atoms with Crippen LogP contribution in [0, 0.1) is 17.0 Å². The molecule has 0 N–H and O–H groups in total. The molecule has 1 fully saturated rings. The maximum atomic E-state index is 11.2. The van der Waals surface area contributed by atoms with E-state index in [9.17, 15) is 10.1 Å². The predicted octanol–water partition coefficient (Wildman–Crippen LogP) is 2.13. The van der Waals surface area contributed by atoms with E-state index in [4.69, 9.17) is 4.52 Å². The highest BCUT2D eigenvalue weighted by Crippen LogP contribution is 2.33. The van der Waals surface area contributed by atoms with Gasteiger partial charge in [0.15, 0.2) is 0 Å². The number of rotatable bonds is 4. The van der Waals surface area contributed by atoms with Crippen molar-refractivity contribution in [3.05, 3.63) is 33.8 Å². The Bertz CT molecular complexity index is 737. The molecule has 0 aliphatic carbocycles. The molecule has 0 amide bonds. The average Bonchev–Trinajstić information content (AvgIpc) is 3.05. The molecule has 3 rings (SSSR count). The van der Waals surface area contributed by atoms with Crippen LogP contribution in [-0.2, 0) is 0 Å². The number of nitro groups is 1. The van der Waals surface area contributed by atoms with Crippen LogP contribution < -0.4 is 9.80 Å². The summed E-state index contributed by atoms with van der Waals surface area (Å²) < 4.78 is 5.34. The molecule has 1 aliphatic rings. The fourth-order valence-electron chi connectivity index (χ4n) is 2.82. The van der Waals surface area contributed by atoms with Crippen molar-refractivity contribution in [1.29, 1.82) is 0 Å². The minimum atomic E-state index is -0.380. The Kier molecular flexibility index (Phi) is 4.32. The normalized spacial score (nSPS) is 15.5. The molecule has 2 aromatic heterocycles. The van der Waals surface area contributed by atoms with Crippen molar-refractivity contribution < 1.29 is 9.45 Å². The van der Waals surface area contributed by atoms with Crippen LogP contribution in [0.3, 0.4) is 0 Å². The number of hydrogen-bond acceptors (Lipinski definition) is 8. The van der Waals surface area contributed by atoms with Gasteiger partial charge in [0.2, 0.25) is 11.7 Å². The van der Waals surface area contributed by atoms with Crippen LogP contribution in [0.2, 0.25) is 0 Å². The second kappa shape index (κ2) is 6.42. The zero-order chi connectivity index (χ0) is 17.3. The molecule has 3 heterocycles. The highest BCUT2D eigenvalue weighted by atomic mass is 16.6. The molecule has 0 radical (unpaired) electrons. The van der Waals surface area contributed by atoms with Crippen molar-refractivity contribution in [2.45, 2.75) is 25.7 Å². The Morgan fingerprint density at radius 2 is 2.00 bits per heavy atom. The van der Waals surface area contributed by atoms with Gasteiger partial charge in [0.1, 0.15) is 0 Å². The summed E-state index contributed by atoms with van der Waals surface area (Å²) in [6.07, 6.45) is 1.59. The first-order valence-corrected chi connectivity index (χ1v) is 7.83. The standard InChI is InChI=1S/C15H20N6O3/c1-10-4-5-12(21(22)23)13(16-10)20-8-6-11(7-9-20)14-17-15(18-24-14)19(2)3/h4-5,11H,6-9H2,1-3H3. The summed E-state index contributed by atoms with van der Waals surface area (Å²) in [7, 11) is 3.72. The Morgan fingerprint density at radius 1 is 1.29 bits per heavy atom. The minimum Gasteiger partial charge on any atom is -0.351 e. The fraction of sp³-hybridized carbons (Fsp3) is 0.533. The highest BCUT2D eigenvalue weighted by Gasteiger charge is 2.29. The van der Waals surface area contributed by atoms with E-state index in [-0.39, 0.29) is 16.5 Å².